The van der Waals surface area contributed by atoms with E-state index in [0.717, 1.165) is 12.3 Å². The highest BCUT2D eigenvalue weighted by Gasteiger charge is 2.20. The second-order valence-corrected chi connectivity index (χ2v) is 3.25. The van der Waals surface area contributed by atoms with Crippen molar-refractivity contribution in [3.63, 3.8) is 0 Å². The van der Waals surface area contributed by atoms with Gasteiger partial charge in [-0.3, -0.25) is 4.79 Å². The van der Waals surface area contributed by atoms with E-state index >= 15 is 0 Å². The van der Waals surface area contributed by atoms with Crippen LogP contribution in [0.2, 0.25) is 0 Å². The van der Waals surface area contributed by atoms with Crippen LogP contribution in [-0.4, -0.2) is 30.3 Å². The van der Waals surface area contributed by atoms with Crippen molar-refractivity contribution in [2.75, 3.05) is 13.2 Å². The van der Waals surface area contributed by atoms with Crippen LogP contribution in [0.25, 0.3) is 0 Å². The van der Waals surface area contributed by atoms with E-state index in [1.165, 1.54) is 12.8 Å². The van der Waals surface area contributed by atoms with Crippen LogP contribution in [0, 0.1) is 5.92 Å². The van der Waals surface area contributed by atoms with Gasteiger partial charge in [-0.2, -0.15) is 0 Å². The van der Waals surface area contributed by atoms with Gasteiger partial charge in [-0.25, -0.2) is 0 Å². The maximum Gasteiger partial charge on any atom is 0.322 e. The zero-order valence-corrected chi connectivity index (χ0v) is 7.03. The Morgan fingerprint density at radius 2 is 2.33 bits per heavy atom. The number of nitrogens with two attached hydrogens (primary N) is 1. The molecule has 1 unspecified atom stereocenters. The Bertz CT molecular complexity index is 156. The smallest absolute Gasteiger partial charge is 0.322 e. The summed E-state index contributed by atoms with van der Waals surface area (Å²) in [7, 11) is 0. The molecule has 1 aliphatic rings. The fraction of sp³-hybridized carbons (Fsp3) is 0.875. The van der Waals surface area contributed by atoms with E-state index in [9.17, 15) is 4.79 Å². The molecular weight excluding hydrogens is 158 g/mol. The van der Waals surface area contributed by atoms with Crippen molar-refractivity contribution < 1.29 is 14.6 Å². The molecule has 0 saturated heterocycles. The molecule has 12 heavy (non-hydrogen) atoms. The molecule has 4 heteroatoms. The van der Waals surface area contributed by atoms with Crippen molar-refractivity contribution in [2.45, 2.75) is 25.3 Å². The third-order valence-corrected chi connectivity index (χ3v) is 1.98. The van der Waals surface area contributed by atoms with Crippen molar-refractivity contribution in [3.05, 3.63) is 0 Å². The van der Waals surface area contributed by atoms with Gasteiger partial charge >= 0.3 is 5.97 Å². The summed E-state index contributed by atoms with van der Waals surface area (Å²) in [6.45, 7) is 0.772. The number of rotatable bonds is 6. The van der Waals surface area contributed by atoms with Gasteiger partial charge in [0.2, 0.25) is 0 Å². The molecule has 4 nitrogen and oxygen atoms in total. The second kappa shape index (κ2) is 4.42. The number of aliphatic carboxylic acids is 1. The van der Waals surface area contributed by atoms with Gasteiger partial charge in [-0.05, 0) is 12.3 Å². The summed E-state index contributed by atoms with van der Waals surface area (Å²) < 4.78 is 5.10. The van der Waals surface area contributed by atoms with Crippen LogP contribution in [0.1, 0.15) is 19.3 Å². The molecule has 0 bridgehead atoms. The lowest BCUT2D eigenvalue weighted by molar-refractivity contribution is -0.140. The van der Waals surface area contributed by atoms with Crippen LogP contribution in [-0.2, 0) is 9.53 Å². The number of hydrogen-bond donors (Lipinski definition) is 2. The second-order valence-electron chi connectivity index (χ2n) is 3.25. The Hall–Kier alpha value is -0.610. The third kappa shape index (κ3) is 3.69. The lowest BCUT2D eigenvalue weighted by Crippen LogP contribution is -2.35. The first-order chi connectivity index (χ1) is 5.70. The monoisotopic (exact) mass is 173 g/mol. The van der Waals surface area contributed by atoms with Crippen molar-refractivity contribution in [1.29, 1.82) is 0 Å². The van der Waals surface area contributed by atoms with Crippen molar-refractivity contribution in [3.8, 4) is 0 Å². The molecule has 0 spiro atoms. The highest BCUT2D eigenvalue weighted by Crippen LogP contribution is 2.31. The highest BCUT2D eigenvalue weighted by atomic mass is 16.5. The van der Waals surface area contributed by atoms with Crippen LogP contribution in [0.4, 0.5) is 0 Å². The zero-order chi connectivity index (χ0) is 8.97. The van der Waals surface area contributed by atoms with E-state index < -0.39 is 12.0 Å². The molecule has 0 aliphatic heterocycles. The molecule has 1 aliphatic carbocycles. The normalized spacial score (nSPS) is 19.1. The average Bonchev–Trinajstić information content (AvgIpc) is 2.80. The van der Waals surface area contributed by atoms with E-state index in [1.807, 2.05) is 0 Å². The molecule has 1 saturated carbocycles. The van der Waals surface area contributed by atoms with Crippen molar-refractivity contribution in [1.82, 2.24) is 0 Å². The molecule has 0 aromatic rings. The lowest BCUT2D eigenvalue weighted by Gasteiger charge is -2.06. The van der Waals surface area contributed by atoms with E-state index in [4.69, 9.17) is 15.6 Å². The molecule has 0 aromatic carbocycles. The maximum absolute atomic E-state index is 10.2. The average molecular weight is 173 g/mol. The van der Waals surface area contributed by atoms with Crippen LogP contribution >= 0.6 is 0 Å². The first-order valence-corrected chi connectivity index (χ1v) is 4.26. The summed E-state index contributed by atoms with van der Waals surface area (Å²) >= 11 is 0. The summed E-state index contributed by atoms with van der Waals surface area (Å²) in [5, 5.41) is 8.40. The minimum atomic E-state index is -0.999. The fourth-order valence-electron chi connectivity index (χ4n) is 0.938. The molecule has 0 radical (unpaired) electrons. The molecule has 1 rings (SSSR count). The number of carbonyl (C=O) groups is 1. The molecule has 0 aromatic heterocycles. The van der Waals surface area contributed by atoms with Crippen molar-refractivity contribution in [2.24, 2.45) is 11.7 Å². The quantitative estimate of drug-likeness (QED) is 0.563. The maximum atomic E-state index is 10.2. The Morgan fingerprint density at radius 1 is 1.67 bits per heavy atom. The number of ether oxygens (including phenoxy) is 1. The minimum Gasteiger partial charge on any atom is -0.480 e. The topological polar surface area (TPSA) is 72.5 Å². The van der Waals surface area contributed by atoms with Crippen LogP contribution in [0.15, 0.2) is 0 Å². The molecule has 0 heterocycles. The van der Waals surface area contributed by atoms with Crippen LogP contribution < -0.4 is 5.73 Å². The van der Waals surface area contributed by atoms with Gasteiger partial charge in [-0.1, -0.05) is 12.8 Å². The fourth-order valence-corrected chi connectivity index (χ4v) is 0.938. The van der Waals surface area contributed by atoms with Gasteiger partial charge in [0, 0.05) is 6.61 Å². The summed E-state index contributed by atoms with van der Waals surface area (Å²) in [5.74, 6) is -0.174. The van der Waals surface area contributed by atoms with Gasteiger partial charge in [0.15, 0.2) is 0 Å². The third-order valence-electron chi connectivity index (χ3n) is 1.98. The summed E-state index contributed by atoms with van der Waals surface area (Å²) in [6, 6.07) is -0.871. The van der Waals surface area contributed by atoms with Gasteiger partial charge in [-0.15, -0.1) is 0 Å². The van der Waals surface area contributed by atoms with E-state index in [2.05, 4.69) is 0 Å². The first kappa shape index (κ1) is 9.48. The summed E-state index contributed by atoms with van der Waals surface area (Å²) in [5.41, 5.74) is 5.22. The predicted molar refractivity (Wildman–Crippen MR) is 43.8 cm³/mol. The van der Waals surface area contributed by atoms with Crippen molar-refractivity contribution >= 4 is 5.97 Å². The van der Waals surface area contributed by atoms with Crippen LogP contribution in [0.3, 0.4) is 0 Å². The molecule has 1 atom stereocenters. The Labute approximate surface area is 71.7 Å². The molecule has 0 amide bonds. The zero-order valence-electron chi connectivity index (χ0n) is 7.03. The first-order valence-electron chi connectivity index (χ1n) is 4.26. The number of hydrogen-bond acceptors (Lipinski definition) is 3. The SMILES string of the molecule is NC(COCCC1CC1)C(=O)O. The predicted octanol–water partition coefficient (Wildman–Crippen LogP) is 0.215. The lowest BCUT2D eigenvalue weighted by atomic mass is 10.3. The molecule has 3 N–H and O–H groups in total. The Morgan fingerprint density at radius 3 is 2.83 bits per heavy atom. The standard InChI is InChI=1S/C8H15NO3/c9-7(8(10)11)5-12-4-3-6-1-2-6/h6-7H,1-5,9H2,(H,10,11). The summed E-state index contributed by atoms with van der Waals surface area (Å²) in [4.78, 5) is 10.2. The largest absolute Gasteiger partial charge is 0.480 e. The van der Waals surface area contributed by atoms with E-state index in [1.54, 1.807) is 0 Å². The number of carboxylic acids is 1. The molecular formula is C8H15NO3. The van der Waals surface area contributed by atoms with Gasteiger partial charge in [0.1, 0.15) is 6.04 Å². The molecule has 1 fully saturated rings. The van der Waals surface area contributed by atoms with Gasteiger partial charge in [0.05, 0.1) is 6.61 Å². The highest BCUT2D eigenvalue weighted by molar-refractivity contribution is 5.73. The summed E-state index contributed by atoms with van der Waals surface area (Å²) in [6.07, 6.45) is 3.65. The minimum absolute atomic E-state index is 0.127. The van der Waals surface area contributed by atoms with Crippen LogP contribution in [0.5, 0.6) is 0 Å². The van der Waals surface area contributed by atoms with Gasteiger partial charge < -0.3 is 15.6 Å². The molecule has 70 valence electrons. The van der Waals surface area contributed by atoms with E-state index in [0.29, 0.717) is 6.61 Å². The van der Waals surface area contributed by atoms with Gasteiger partial charge in [0.25, 0.3) is 0 Å². The Kier molecular flexibility index (Phi) is 3.49. The Balaban J connectivity index is 1.89. The number of carboxylic acid groups (broad SMARTS) is 1. The van der Waals surface area contributed by atoms with E-state index in [-0.39, 0.29) is 6.61 Å².